The van der Waals surface area contributed by atoms with E-state index in [0.29, 0.717) is 22.2 Å². The van der Waals surface area contributed by atoms with Crippen LogP contribution in [-0.2, 0) is 4.79 Å². The molecule has 5 heteroatoms. The number of nitrogens with zero attached hydrogens (tertiary/aromatic N) is 1. The van der Waals surface area contributed by atoms with Gasteiger partial charge in [0.15, 0.2) is 0 Å². The standard InChI is InChI=1S/C21H23ClN2O2/c1-14(2)16-8-5-15(6-9-16)7-12-20(25)23-17-10-11-19(22)18(13-17)21(26)24(3)4/h5-14H,1-4H3,(H,23,25)/b12-7+. The SMILES string of the molecule is CC(C)c1ccc(/C=C/C(=O)Nc2ccc(Cl)c(C(=O)N(C)C)c2)cc1. The number of benzene rings is 2. The Bertz CT molecular complexity index is 824. The molecule has 2 aromatic carbocycles. The molecule has 0 aromatic heterocycles. The quantitative estimate of drug-likeness (QED) is 0.767. The van der Waals surface area contributed by atoms with Crippen molar-refractivity contribution >= 4 is 35.2 Å². The molecule has 0 aliphatic carbocycles. The second kappa shape index (κ2) is 8.68. The number of hydrogen-bond donors (Lipinski definition) is 1. The van der Waals surface area contributed by atoms with E-state index in [1.165, 1.54) is 16.5 Å². The number of nitrogens with one attached hydrogen (secondary N) is 1. The number of rotatable bonds is 5. The molecule has 26 heavy (non-hydrogen) atoms. The fourth-order valence-electron chi connectivity index (χ4n) is 2.36. The number of carbonyl (C=O) groups is 2. The molecule has 2 amide bonds. The summed E-state index contributed by atoms with van der Waals surface area (Å²) in [6.45, 7) is 4.28. The Morgan fingerprint density at radius 2 is 1.73 bits per heavy atom. The number of hydrogen-bond acceptors (Lipinski definition) is 2. The molecule has 0 bridgehead atoms. The molecule has 0 aliphatic rings. The first-order valence-corrected chi connectivity index (χ1v) is 8.76. The summed E-state index contributed by atoms with van der Waals surface area (Å²) in [5.74, 6) is -0.0179. The Kier molecular flexibility index (Phi) is 6.58. The van der Waals surface area contributed by atoms with E-state index in [1.807, 2.05) is 12.1 Å². The third-order valence-corrected chi connectivity index (χ3v) is 4.23. The minimum Gasteiger partial charge on any atom is -0.345 e. The lowest BCUT2D eigenvalue weighted by Crippen LogP contribution is -2.22. The van der Waals surface area contributed by atoms with Crippen molar-refractivity contribution < 1.29 is 9.59 Å². The van der Waals surface area contributed by atoms with Crippen LogP contribution in [0.5, 0.6) is 0 Å². The van der Waals surface area contributed by atoms with Gasteiger partial charge in [0.2, 0.25) is 5.91 Å². The van der Waals surface area contributed by atoms with E-state index in [4.69, 9.17) is 11.6 Å². The van der Waals surface area contributed by atoms with Gasteiger partial charge in [-0.05, 0) is 41.3 Å². The molecule has 2 rings (SSSR count). The van der Waals surface area contributed by atoms with E-state index in [1.54, 1.807) is 38.4 Å². The topological polar surface area (TPSA) is 49.4 Å². The van der Waals surface area contributed by atoms with Gasteiger partial charge >= 0.3 is 0 Å². The Morgan fingerprint density at radius 1 is 1.08 bits per heavy atom. The third kappa shape index (κ3) is 5.20. The van der Waals surface area contributed by atoms with Gasteiger partial charge in [0.05, 0.1) is 10.6 Å². The fourth-order valence-corrected chi connectivity index (χ4v) is 2.55. The first kappa shape index (κ1) is 19.7. The van der Waals surface area contributed by atoms with Crippen LogP contribution >= 0.6 is 11.6 Å². The van der Waals surface area contributed by atoms with E-state index >= 15 is 0 Å². The Morgan fingerprint density at radius 3 is 2.31 bits per heavy atom. The summed E-state index contributed by atoms with van der Waals surface area (Å²) in [5, 5.41) is 3.10. The van der Waals surface area contributed by atoms with E-state index in [9.17, 15) is 9.59 Å². The van der Waals surface area contributed by atoms with E-state index < -0.39 is 0 Å². The molecule has 0 atom stereocenters. The van der Waals surface area contributed by atoms with Gasteiger partial charge in [-0.1, -0.05) is 49.7 Å². The van der Waals surface area contributed by atoms with Crippen LogP contribution in [0.1, 0.15) is 41.3 Å². The molecule has 0 spiro atoms. The molecule has 0 heterocycles. The van der Waals surface area contributed by atoms with Gasteiger partial charge < -0.3 is 10.2 Å². The fraction of sp³-hybridized carbons (Fsp3) is 0.238. The maximum Gasteiger partial charge on any atom is 0.254 e. The molecule has 4 nitrogen and oxygen atoms in total. The molecular weight excluding hydrogens is 348 g/mol. The van der Waals surface area contributed by atoms with Gasteiger partial charge in [-0.25, -0.2) is 0 Å². The average Bonchev–Trinajstić information content (AvgIpc) is 2.61. The Labute approximate surface area is 159 Å². The predicted octanol–water partition coefficient (Wildman–Crippen LogP) is 4.82. The van der Waals surface area contributed by atoms with Crippen LogP contribution < -0.4 is 5.32 Å². The normalized spacial score (nSPS) is 11.0. The van der Waals surface area contributed by atoms with E-state index in [0.717, 1.165) is 5.56 Å². The van der Waals surface area contributed by atoms with Gasteiger partial charge in [0.25, 0.3) is 5.91 Å². The lowest BCUT2D eigenvalue weighted by Gasteiger charge is -2.13. The van der Waals surface area contributed by atoms with Crippen LogP contribution in [0.2, 0.25) is 5.02 Å². The molecule has 0 fully saturated rings. The largest absolute Gasteiger partial charge is 0.345 e. The molecule has 0 saturated heterocycles. The summed E-state index contributed by atoms with van der Waals surface area (Å²) in [7, 11) is 3.30. The van der Waals surface area contributed by atoms with E-state index in [-0.39, 0.29) is 11.8 Å². The molecule has 0 saturated carbocycles. The summed E-state index contributed by atoms with van der Waals surface area (Å²) in [5.41, 5.74) is 3.07. The van der Waals surface area contributed by atoms with Crippen molar-refractivity contribution in [1.29, 1.82) is 0 Å². The van der Waals surface area contributed by atoms with Crippen LogP contribution in [0.15, 0.2) is 48.5 Å². The zero-order chi connectivity index (χ0) is 19.3. The highest BCUT2D eigenvalue weighted by atomic mass is 35.5. The zero-order valence-corrected chi connectivity index (χ0v) is 16.2. The van der Waals surface area contributed by atoms with Crippen molar-refractivity contribution in [2.75, 3.05) is 19.4 Å². The number of amides is 2. The van der Waals surface area contributed by atoms with Crippen LogP contribution in [-0.4, -0.2) is 30.8 Å². The molecule has 136 valence electrons. The second-order valence-corrected chi connectivity index (χ2v) is 6.95. The van der Waals surface area contributed by atoms with Crippen molar-refractivity contribution in [3.63, 3.8) is 0 Å². The summed E-state index contributed by atoms with van der Waals surface area (Å²) in [4.78, 5) is 25.7. The van der Waals surface area contributed by atoms with Crippen LogP contribution in [0, 0.1) is 0 Å². The summed E-state index contributed by atoms with van der Waals surface area (Å²) in [6.07, 6.45) is 3.22. The molecule has 0 unspecified atom stereocenters. The third-order valence-electron chi connectivity index (χ3n) is 3.90. The van der Waals surface area contributed by atoms with Crippen LogP contribution in [0.3, 0.4) is 0 Å². The molecule has 1 N–H and O–H groups in total. The van der Waals surface area contributed by atoms with Gasteiger partial charge in [0.1, 0.15) is 0 Å². The highest BCUT2D eigenvalue weighted by molar-refractivity contribution is 6.34. The predicted molar refractivity (Wildman–Crippen MR) is 108 cm³/mol. The summed E-state index contributed by atoms with van der Waals surface area (Å²) in [6, 6.07) is 12.9. The average molecular weight is 371 g/mol. The highest BCUT2D eigenvalue weighted by Gasteiger charge is 2.13. The number of halogens is 1. The first-order chi connectivity index (χ1) is 12.3. The van der Waals surface area contributed by atoms with Crippen molar-refractivity contribution in [3.8, 4) is 0 Å². The monoisotopic (exact) mass is 370 g/mol. The molecule has 2 aromatic rings. The minimum atomic E-state index is -0.275. The van der Waals surface area contributed by atoms with Gasteiger partial charge in [-0.3, -0.25) is 9.59 Å². The lowest BCUT2D eigenvalue weighted by atomic mass is 10.0. The maximum absolute atomic E-state index is 12.1. The number of carbonyl (C=O) groups excluding carboxylic acids is 2. The highest BCUT2D eigenvalue weighted by Crippen LogP contribution is 2.22. The van der Waals surface area contributed by atoms with Crippen LogP contribution in [0.4, 0.5) is 5.69 Å². The first-order valence-electron chi connectivity index (χ1n) is 8.38. The van der Waals surface area contributed by atoms with Crippen molar-refractivity contribution in [1.82, 2.24) is 4.90 Å². The molecule has 0 aliphatic heterocycles. The Hall–Kier alpha value is -2.59. The van der Waals surface area contributed by atoms with Crippen molar-refractivity contribution in [3.05, 3.63) is 70.3 Å². The maximum atomic E-state index is 12.1. The van der Waals surface area contributed by atoms with Crippen molar-refractivity contribution in [2.45, 2.75) is 19.8 Å². The Balaban J connectivity index is 2.07. The van der Waals surface area contributed by atoms with E-state index in [2.05, 4.69) is 31.3 Å². The number of anilines is 1. The lowest BCUT2D eigenvalue weighted by molar-refractivity contribution is -0.111. The second-order valence-electron chi connectivity index (χ2n) is 6.54. The molecule has 0 radical (unpaired) electrons. The summed E-state index contributed by atoms with van der Waals surface area (Å²) >= 11 is 6.07. The van der Waals surface area contributed by atoms with Crippen molar-refractivity contribution in [2.24, 2.45) is 0 Å². The van der Waals surface area contributed by atoms with Gasteiger partial charge in [-0.2, -0.15) is 0 Å². The summed E-state index contributed by atoms with van der Waals surface area (Å²) < 4.78 is 0. The smallest absolute Gasteiger partial charge is 0.254 e. The van der Waals surface area contributed by atoms with Gasteiger partial charge in [-0.15, -0.1) is 0 Å². The molecular formula is C21H23ClN2O2. The van der Waals surface area contributed by atoms with Gasteiger partial charge in [0, 0.05) is 25.9 Å². The van der Waals surface area contributed by atoms with Crippen LogP contribution in [0.25, 0.3) is 6.08 Å². The zero-order valence-electron chi connectivity index (χ0n) is 15.4. The minimum absolute atomic E-state index is 0.216.